The summed E-state index contributed by atoms with van der Waals surface area (Å²) >= 11 is 0. The molecule has 0 saturated heterocycles. The van der Waals surface area contributed by atoms with Crippen LogP contribution in [0, 0.1) is 48.1 Å². The minimum atomic E-state index is -0.331. The van der Waals surface area contributed by atoms with Crippen molar-refractivity contribution in [3.8, 4) is 34.1 Å². The molecule has 0 atom stereocenters. The zero-order valence-electron chi connectivity index (χ0n) is 25.7. The maximum absolute atomic E-state index is 12.8. The van der Waals surface area contributed by atoms with Crippen LogP contribution in [0.15, 0.2) is 140 Å². The van der Waals surface area contributed by atoms with Gasteiger partial charge in [-0.3, -0.25) is 28.1 Å². The van der Waals surface area contributed by atoms with Crippen LogP contribution in [0.25, 0.3) is 34.1 Å². The molecule has 0 aliphatic rings. The smallest absolute Gasteiger partial charge is 0.267 e. The fourth-order valence-corrected chi connectivity index (χ4v) is 4.30. The van der Waals surface area contributed by atoms with Crippen LogP contribution >= 0.6 is 0 Å². The molecule has 251 valence electrons. The van der Waals surface area contributed by atoms with Gasteiger partial charge in [0.1, 0.15) is 11.6 Å². The van der Waals surface area contributed by atoms with E-state index in [-0.39, 0.29) is 43.4 Å². The van der Waals surface area contributed by atoms with Crippen molar-refractivity contribution in [1.82, 2.24) is 29.5 Å². The van der Waals surface area contributed by atoms with Crippen LogP contribution in [0.5, 0.6) is 0 Å². The number of halogens is 4. The Kier molecular flexibility index (Phi) is 11.9. The van der Waals surface area contributed by atoms with Gasteiger partial charge < -0.3 is 19.3 Å². The van der Waals surface area contributed by atoms with Gasteiger partial charge in [0.05, 0.1) is 17.1 Å². The van der Waals surface area contributed by atoms with E-state index in [1.165, 1.54) is 48.5 Å². The normalized spacial score (nSPS) is 10.2. The largest absolute Gasteiger partial charge is 0.358 e. The van der Waals surface area contributed by atoms with Gasteiger partial charge >= 0.3 is 0 Å². The van der Waals surface area contributed by atoms with Gasteiger partial charge in [-0.2, -0.15) is 24.3 Å². The van der Waals surface area contributed by atoms with Crippen LogP contribution in [-0.4, -0.2) is 24.4 Å². The second-order valence-electron chi connectivity index (χ2n) is 10.0. The average molecular weight is 848 g/mol. The van der Waals surface area contributed by atoms with Crippen molar-refractivity contribution >= 4 is 0 Å². The van der Waals surface area contributed by atoms with E-state index < -0.39 is 0 Å². The molecule has 8 rings (SSSR count). The molecule has 4 aromatic heterocycles. The van der Waals surface area contributed by atoms with E-state index in [4.69, 9.17) is 0 Å². The summed E-state index contributed by atoms with van der Waals surface area (Å²) in [5.41, 5.74) is 4.47. The van der Waals surface area contributed by atoms with Gasteiger partial charge in [0, 0.05) is 62.7 Å². The summed E-state index contributed by atoms with van der Waals surface area (Å²) in [4.78, 5) is 4.08. The third-order valence-electron chi connectivity index (χ3n) is 6.72. The zero-order valence-corrected chi connectivity index (χ0v) is 28.1. The Hall–Kier alpha value is -6.04. The first-order valence-electron chi connectivity index (χ1n) is 14.6. The molecule has 0 aliphatic heterocycles. The molecule has 13 heteroatoms. The molecule has 0 spiro atoms. The van der Waals surface area contributed by atoms with E-state index >= 15 is 0 Å². The predicted molar refractivity (Wildman–Crippen MR) is 168 cm³/mol. The van der Waals surface area contributed by atoms with Crippen LogP contribution in [0.2, 0.25) is 0 Å². The Morgan fingerprint density at radius 1 is 0.600 bits per heavy atom. The fourth-order valence-electron chi connectivity index (χ4n) is 4.30. The van der Waals surface area contributed by atoms with E-state index in [9.17, 15) is 17.6 Å². The van der Waals surface area contributed by atoms with E-state index in [1.54, 1.807) is 91.8 Å². The first-order chi connectivity index (χ1) is 23.9. The summed E-state index contributed by atoms with van der Waals surface area (Å²) in [6, 6.07) is 31.9. The number of hydrogen-bond acceptors (Lipinski definition) is 3. The molecule has 1 radical (unpaired) electrons. The molecule has 8 nitrogen and oxygen atoms in total. The maximum atomic E-state index is 12.8. The van der Waals surface area contributed by atoms with E-state index in [2.05, 4.69) is 45.2 Å². The molecular formula is C37H23F4IrN8-3. The van der Waals surface area contributed by atoms with Crippen molar-refractivity contribution in [2.24, 2.45) is 0 Å². The zero-order chi connectivity index (χ0) is 34.0. The first kappa shape index (κ1) is 35.3. The molecule has 8 aromatic rings. The number of nitrogens with zero attached hydrogens (tertiary/aromatic N) is 8. The molecule has 4 heterocycles. The van der Waals surface area contributed by atoms with Gasteiger partial charge in [-0.05, 0) is 77.7 Å². The van der Waals surface area contributed by atoms with Crippen LogP contribution < -0.4 is 14.2 Å². The summed E-state index contributed by atoms with van der Waals surface area (Å²) in [5.74, 6) is -1.23. The molecule has 0 N–H and O–H groups in total. The van der Waals surface area contributed by atoms with Crippen molar-refractivity contribution in [2.75, 3.05) is 0 Å². The van der Waals surface area contributed by atoms with Crippen molar-refractivity contribution in [3.63, 3.8) is 0 Å². The molecular weight excluding hydrogens is 825 g/mol. The molecule has 0 saturated carbocycles. The second-order valence-corrected chi connectivity index (χ2v) is 10.0. The Morgan fingerprint density at radius 2 is 1.10 bits per heavy atom. The van der Waals surface area contributed by atoms with E-state index in [0.717, 1.165) is 17.1 Å². The number of benzene rings is 4. The van der Waals surface area contributed by atoms with Crippen LogP contribution in [0.4, 0.5) is 17.6 Å². The van der Waals surface area contributed by atoms with Gasteiger partial charge in [0.2, 0.25) is 0 Å². The third kappa shape index (κ3) is 9.31. The van der Waals surface area contributed by atoms with Gasteiger partial charge in [-0.25, -0.2) is 8.78 Å². The first-order valence-corrected chi connectivity index (χ1v) is 14.6. The number of hydrogen-bond donors (Lipinski definition) is 0. The van der Waals surface area contributed by atoms with Gasteiger partial charge in [-0.15, -0.1) is 24.3 Å². The van der Waals surface area contributed by atoms with Gasteiger partial charge in [-0.1, -0.05) is 12.3 Å². The molecule has 50 heavy (non-hydrogen) atoms. The molecule has 0 aliphatic carbocycles. The quantitative estimate of drug-likeness (QED) is 0.126. The van der Waals surface area contributed by atoms with E-state index in [0.29, 0.717) is 17.1 Å². The minimum Gasteiger partial charge on any atom is -0.358 e. The van der Waals surface area contributed by atoms with Crippen molar-refractivity contribution < 1.29 is 46.8 Å². The Bertz CT molecular complexity index is 1940. The Balaban J connectivity index is 0.000000150. The molecule has 0 unspecified atom stereocenters. The average Bonchev–Trinajstić information content (AvgIpc) is 3.94. The van der Waals surface area contributed by atoms with Crippen LogP contribution in [0.3, 0.4) is 0 Å². The standard InChI is InChI=1S/2C15H9F2N2.C7H5N4.Ir/c2*16-12-1-5-14(6-2-12)18-9-10-19(11-18)15-7-3-13(17)4-8-15;1-2-4-8-6(3-1)7-5-9-11-10-7;/h2*1-7,9-10H;1-5H;/q3*-1;. The summed E-state index contributed by atoms with van der Waals surface area (Å²) in [6.45, 7) is 0. The fraction of sp³-hybridized carbons (Fsp3) is 0. The summed E-state index contributed by atoms with van der Waals surface area (Å²) in [5, 5.41) is 10.8. The van der Waals surface area contributed by atoms with Crippen LogP contribution in [-0.2, 0) is 20.1 Å². The monoisotopic (exact) mass is 848 g/mol. The summed E-state index contributed by atoms with van der Waals surface area (Å²) in [7, 11) is 0. The third-order valence-corrected chi connectivity index (χ3v) is 6.72. The topological polar surface area (TPSA) is 70.4 Å². The van der Waals surface area contributed by atoms with Gasteiger partial charge in [0.15, 0.2) is 0 Å². The molecule has 0 fully saturated rings. The predicted octanol–water partition coefficient (Wildman–Crippen LogP) is 5.76. The molecule has 0 bridgehead atoms. The van der Waals surface area contributed by atoms with Gasteiger partial charge in [0.25, 0.3) is 12.7 Å². The van der Waals surface area contributed by atoms with Crippen molar-refractivity contribution in [1.29, 1.82) is 0 Å². The number of rotatable bonds is 5. The number of pyridine rings is 1. The van der Waals surface area contributed by atoms with Crippen LogP contribution in [0.1, 0.15) is 0 Å². The SMILES string of the molecule is Fc1c[c-]c(-n2[c-][n+](-c3ccc(F)cc3)cc2)cc1.Fc1c[c-]c(-n2[c-][n+](-c3ccc(F)cc3)cc2)cc1.[Ir].c1ccc(-c2cnn[n-]2)nc1. The summed E-state index contributed by atoms with van der Waals surface area (Å²) < 4.78 is 58.1. The van der Waals surface area contributed by atoms with Crippen molar-refractivity contribution in [2.45, 2.75) is 0 Å². The Labute approximate surface area is 297 Å². The maximum Gasteiger partial charge on any atom is 0.267 e. The van der Waals surface area contributed by atoms with E-state index in [1.807, 2.05) is 18.2 Å². The molecule has 4 aromatic carbocycles. The minimum absolute atomic E-state index is 0. The number of aromatic nitrogens is 8. The summed E-state index contributed by atoms with van der Waals surface area (Å²) in [6.07, 6.45) is 16.5. The Morgan fingerprint density at radius 3 is 1.50 bits per heavy atom. The number of imidazole rings is 2. The second kappa shape index (κ2) is 16.9. The van der Waals surface area contributed by atoms with Crippen molar-refractivity contribution in [3.05, 3.63) is 188 Å². The molecule has 0 amide bonds.